The minimum absolute atomic E-state index is 0.0543. The summed E-state index contributed by atoms with van der Waals surface area (Å²) in [5.74, 6) is -0.798. The van der Waals surface area contributed by atoms with Crippen molar-refractivity contribution in [1.82, 2.24) is 10.2 Å². The summed E-state index contributed by atoms with van der Waals surface area (Å²) < 4.78 is 5.33. The van der Waals surface area contributed by atoms with Crippen molar-refractivity contribution in [2.24, 2.45) is 5.92 Å². The molecule has 2 rings (SSSR count). The molecule has 0 spiro atoms. The lowest BCUT2D eigenvalue weighted by atomic mass is 10.0. The van der Waals surface area contributed by atoms with E-state index in [1.54, 1.807) is 45.0 Å². The third kappa shape index (κ3) is 7.06. The van der Waals surface area contributed by atoms with Gasteiger partial charge in [0.05, 0.1) is 18.0 Å². The zero-order chi connectivity index (χ0) is 21.6. The van der Waals surface area contributed by atoms with Gasteiger partial charge in [0.15, 0.2) is 5.78 Å². The normalized spacial score (nSPS) is 18.8. The summed E-state index contributed by atoms with van der Waals surface area (Å²) in [5.41, 5.74) is -0.0693. The summed E-state index contributed by atoms with van der Waals surface area (Å²) in [6, 6.07) is 8.31. The Morgan fingerprint density at radius 2 is 1.86 bits per heavy atom. The molecule has 1 fully saturated rings. The van der Waals surface area contributed by atoms with Gasteiger partial charge in [-0.3, -0.25) is 9.59 Å². The van der Waals surface area contributed by atoms with Gasteiger partial charge in [0.1, 0.15) is 5.60 Å². The first kappa shape index (κ1) is 22.7. The number of benzene rings is 1. The number of nitrogens with one attached hydrogen (secondary N) is 1. The maximum atomic E-state index is 12.2. The maximum Gasteiger partial charge on any atom is 0.410 e. The van der Waals surface area contributed by atoms with Gasteiger partial charge in [0.25, 0.3) is 0 Å². The number of carbonyl (C=O) groups excluding carboxylic acids is 3. The Labute approximate surface area is 176 Å². The lowest BCUT2D eigenvalue weighted by molar-refractivity contribution is -0.121. The summed E-state index contributed by atoms with van der Waals surface area (Å²) in [7, 11) is 0. The van der Waals surface area contributed by atoms with Crippen molar-refractivity contribution in [1.29, 1.82) is 5.26 Å². The molecule has 0 aliphatic carbocycles. The summed E-state index contributed by atoms with van der Waals surface area (Å²) in [6.45, 7) is 5.75. The standard InChI is InChI=1S/C21H26ClN3O4/c1-21(2,3)29-20(28)25-12-15(11-23)17(13-25)24-19(27)6-4-5-18(26)14-7-9-16(22)10-8-14/h7-10,15,17H,4-6,12-13H2,1-3H3,(H,24,27)/t15-,17-/m1/s1. The van der Waals surface area contributed by atoms with Crippen molar-refractivity contribution in [3.63, 3.8) is 0 Å². The first-order valence-corrected chi connectivity index (χ1v) is 9.92. The molecule has 1 N–H and O–H groups in total. The maximum absolute atomic E-state index is 12.2. The molecule has 0 aromatic heterocycles. The summed E-state index contributed by atoms with van der Waals surface area (Å²) in [4.78, 5) is 38.0. The number of likely N-dealkylation sites (tertiary alicyclic amines) is 1. The van der Waals surface area contributed by atoms with Crippen LogP contribution in [0.25, 0.3) is 0 Å². The highest BCUT2D eigenvalue weighted by Crippen LogP contribution is 2.20. The van der Waals surface area contributed by atoms with E-state index in [9.17, 15) is 19.6 Å². The van der Waals surface area contributed by atoms with Gasteiger partial charge < -0.3 is 15.0 Å². The van der Waals surface area contributed by atoms with Gasteiger partial charge in [0, 0.05) is 36.5 Å². The van der Waals surface area contributed by atoms with Crippen LogP contribution < -0.4 is 5.32 Å². The Morgan fingerprint density at radius 1 is 1.21 bits per heavy atom. The van der Waals surface area contributed by atoms with Crippen LogP contribution in [-0.2, 0) is 9.53 Å². The molecule has 0 saturated carbocycles. The summed E-state index contributed by atoms with van der Waals surface area (Å²) >= 11 is 5.81. The van der Waals surface area contributed by atoms with E-state index < -0.39 is 23.7 Å². The fourth-order valence-electron chi connectivity index (χ4n) is 3.03. The SMILES string of the molecule is CC(C)(C)OC(=O)N1C[C@@H](C#N)[C@H](NC(=O)CCCC(=O)c2ccc(Cl)cc2)C1. The third-order valence-corrected chi connectivity index (χ3v) is 4.71. The highest BCUT2D eigenvalue weighted by Gasteiger charge is 2.38. The van der Waals surface area contributed by atoms with E-state index in [-0.39, 0.29) is 37.6 Å². The molecule has 0 unspecified atom stereocenters. The summed E-state index contributed by atoms with van der Waals surface area (Å²) in [6.07, 6.45) is 0.307. The topological polar surface area (TPSA) is 99.5 Å². The molecule has 1 aromatic carbocycles. The van der Waals surface area contributed by atoms with Gasteiger partial charge in [-0.15, -0.1) is 0 Å². The molecular formula is C21H26ClN3O4. The number of nitrogens with zero attached hydrogens (tertiary/aromatic N) is 2. The molecule has 1 heterocycles. The van der Waals surface area contributed by atoms with Crippen molar-refractivity contribution < 1.29 is 19.1 Å². The molecule has 8 heteroatoms. The first-order chi connectivity index (χ1) is 13.6. The van der Waals surface area contributed by atoms with E-state index in [0.29, 0.717) is 17.0 Å². The van der Waals surface area contributed by atoms with Crippen molar-refractivity contribution in [2.75, 3.05) is 13.1 Å². The van der Waals surface area contributed by atoms with Crippen LogP contribution >= 0.6 is 11.6 Å². The second kappa shape index (κ2) is 9.75. The van der Waals surface area contributed by atoms with Gasteiger partial charge in [-0.2, -0.15) is 5.26 Å². The lowest BCUT2D eigenvalue weighted by Gasteiger charge is -2.24. The molecule has 156 valence electrons. The number of carbonyl (C=O) groups is 3. The Morgan fingerprint density at radius 3 is 2.45 bits per heavy atom. The molecule has 29 heavy (non-hydrogen) atoms. The van der Waals surface area contributed by atoms with E-state index in [2.05, 4.69) is 11.4 Å². The summed E-state index contributed by atoms with van der Waals surface area (Å²) in [5, 5.41) is 12.7. The Bertz CT molecular complexity index is 796. The van der Waals surface area contributed by atoms with E-state index in [4.69, 9.17) is 16.3 Å². The van der Waals surface area contributed by atoms with Crippen LogP contribution in [0.2, 0.25) is 5.02 Å². The minimum atomic E-state index is -0.628. The monoisotopic (exact) mass is 419 g/mol. The van der Waals surface area contributed by atoms with Gasteiger partial charge in [0.2, 0.25) is 5.91 Å². The minimum Gasteiger partial charge on any atom is -0.444 e. The van der Waals surface area contributed by atoms with Gasteiger partial charge in [-0.25, -0.2) is 4.79 Å². The largest absolute Gasteiger partial charge is 0.444 e. The fraction of sp³-hybridized carbons (Fsp3) is 0.524. The zero-order valence-electron chi connectivity index (χ0n) is 16.9. The molecule has 1 aliphatic heterocycles. The molecule has 7 nitrogen and oxygen atoms in total. The Kier molecular flexibility index (Phi) is 7.63. The Balaban J connectivity index is 1.80. The van der Waals surface area contributed by atoms with E-state index in [1.165, 1.54) is 4.90 Å². The molecule has 1 saturated heterocycles. The zero-order valence-corrected chi connectivity index (χ0v) is 17.7. The second-order valence-corrected chi connectivity index (χ2v) is 8.51. The first-order valence-electron chi connectivity index (χ1n) is 9.54. The molecule has 0 radical (unpaired) electrons. The number of hydrogen-bond acceptors (Lipinski definition) is 5. The number of ether oxygens (including phenoxy) is 1. The van der Waals surface area contributed by atoms with E-state index >= 15 is 0 Å². The third-order valence-electron chi connectivity index (χ3n) is 4.46. The van der Waals surface area contributed by atoms with Gasteiger partial charge >= 0.3 is 6.09 Å². The average molecular weight is 420 g/mol. The predicted molar refractivity (Wildman–Crippen MR) is 108 cm³/mol. The number of halogens is 1. The van der Waals surface area contributed by atoms with E-state index in [1.807, 2.05) is 0 Å². The molecule has 0 bridgehead atoms. The molecule has 2 atom stereocenters. The predicted octanol–water partition coefficient (Wildman–Crippen LogP) is 3.57. The number of rotatable bonds is 6. The fourth-order valence-corrected chi connectivity index (χ4v) is 3.15. The van der Waals surface area contributed by atoms with Gasteiger partial charge in [-0.05, 0) is 51.5 Å². The van der Waals surface area contributed by atoms with Crippen molar-refractivity contribution >= 4 is 29.4 Å². The number of ketones is 1. The number of nitriles is 1. The second-order valence-electron chi connectivity index (χ2n) is 8.08. The lowest BCUT2D eigenvalue weighted by Crippen LogP contribution is -2.41. The van der Waals surface area contributed by atoms with Crippen molar-refractivity contribution in [3.8, 4) is 6.07 Å². The van der Waals surface area contributed by atoms with Crippen LogP contribution in [0.1, 0.15) is 50.4 Å². The average Bonchev–Trinajstić information content (AvgIpc) is 3.03. The van der Waals surface area contributed by atoms with Gasteiger partial charge in [-0.1, -0.05) is 11.6 Å². The quantitative estimate of drug-likeness (QED) is 0.710. The highest BCUT2D eigenvalue weighted by atomic mass is 35.5. The molecule has 2 amide bonds. The van der Waals surface area contributed by atoms with Crippen molar-refractivity contribution in [2.45, 2.75) is 51.7 Å². The number of Topliss-reactive ketones (excluding diaryl/α,β-unsaturated/α-hetero) is 1. The Hall–Kier alpha value is -2.59. The molecule has 1 aliphatic rings. The molecule has 1 aromatic rings. The smallest absolute Gasteiger partial charge is 0.410 e. The number of hydrogen-bond donors (Lipinski definition) is 1. The van der Waals surface area contributed by atoms with E-state index in [0.717, 1.165) is 0 Å². The van der Waals surface area contributed by atoms with Crippen LogP contribution in [0.3, 0.4) is 0 Å². The van der Waals surface area contributed by atoms with Crippen molar-refractivity contribution in [3.05, 3.63) is 34.9 Å². The highest BCUT2D eigenvalue weighted by molar-refractivity contribution is 6.30. The van der Waals surface area contributed by atoms with Crippen LogP contribution in [-0.4, -0.2) is 47.4 Å². The van der Waals surface area contributed by atoms with Crippen LogP contribution in [0, 0.1) is 17.2 Å². The van der Waals surface area contributed by atoms with Crippen LogP contribution in [0.5, 0.6) is 0 Å². The molecular weight excluding hydrogens is 394 g/mol. The van der Waals surface area contributed by atoms with Crippen LogP contribution in [0.15, 0.2) is 24.3 Å². The number of amides is 2. The van der Waals surface area contributed by atoms with Crippen LogP contribution in [0.4, 0.5) is 4.79 Å².